The molecular weight excluding hydrogens is 286 g/mol. The van der Waals surface area contributed by atoms with E-state index in [1.807, 2.05) is 24.3 Å². The predicted octanol–water partition coefficient (Wildman–Crippen LogP) is 3.04. The molecule has 3 aliphatic rings. The number of hydrogen-bond donors (Lipinski definition) is 1. The van der Waals surface area contributed by atoms with E-state index in [1.165, 1.54) is 0 Å². The van der Waals surface area contributed by atoms with Gasteiger partial charge in [0.15, 0.2) is 6.04 Å². The number of rotatable bonds is 3. The molecule has 0 aliphatic heterocycles. The van der Waals surface area contributed by atoms with E-state index in [-0.39, 0.29) is 17.4 Å². The highest BCUT2D eigenvalue weighted by atomic mass is 16.9. The van der Waals surface area contributed by atoms with Crippen LogP contribution in [0.4, 0.5) is 0 Å². The molecule has 4 unspecified atom stereocenters. The van der Waals surface area contributed by atoms with Crippen LogP contribution in [0.1, 0.15) is 30.0 Å². The lowest BCUT2D eigenvalue weighted by atomic mass is 10.0. The van der Waals surface area contributed by atoms with Crippen LogP contribution in [0, 0.1) is 17.0 Å². The molecule has 1 fully saturated rings. The van der Waals surface area contributed by atoms with Crippen molar-refractivity contribution >= 4 is 0 Å². The number of quaternary nitrogens is 1. The van der Waals surface area contributed by atoms with E-state index in [2.05, 4.69) is 36.4 Å². The number of nitrogens with one attached hydrogen (secondary N) is 1. The summed E-state index contributed by atoms with van der Waals surface area (Å²) in [6.07, 6.45) is 6.70. The maximum absolute atomic E-state index is 13.0. The third-order valence-electron chi connectivity index (χ3n) is 5.55. The smallest absolute Gasteiger partial charge is 0.169 e. The Hall–Kier alpha value is -1.94. The van der Waals surface area contributed by atoms with Gasteiger partial charge in [0.25, 0.3) is 0 Å². The maximum atomic E-state index is 13.0. The summed E-state index contributed by atoms with van der Waals surface area (Å²) in [5.74, 6) is 1.04. The van der Waals surface area contributed by atoms with Gasteiger partial charge in [-0.2, -0.15) is 4.84 Å². The summed E-state index contributed by atoms with van der Waals surface area (Å²) in [4.78, 5) is 5.95. The standard InChI is InChI=1S/C20H19NO2/c22-21(23-19-12-13-9-10-14(19)11-13)20-17-7-3-1-5-15(17)16-6-2-4-8-18(16)20/h1-10,13-14,19-21H,11-12H2. The molecule has 0 aromatic heterocycles. The van der Waals surface area contributed by atoms with Crippen molar-refractivity contribution in [3.05, 3.63) is 77.0 Å². The van der Waals surface area contributed by atoms with E-state index in [0.29, 0.717) is 11.8 Å². The van der Waals surface area contributed by atoms with Gasteiger partial charge in [0.1, 0.15) is 6.10 Å². The van der Waals surface area contributed by atoms with Gasteiger partial charge < -0.3 is 5.21 Å². The lowest BCUT2D eigenvalue weighted by Crippen LogP contribution is -3.07. The number of hydrogen-bond acceptors (Lipinski definition) is 2. The first-order valence-electron chi connectivity index (χ1n) is 8.38. The van der Waals surface area contributed by atoms with Gasteiger partial charge in [-0.05, 0) is 29.9 Å². The molecule has 5 rings (SSSR count). The van der Waals surface area contributed by atoms with E-state index in [0.717, 1.165) is 35.1 Å². The Morgan fingerprint density at radius 3 is 2.09 bits per heavy atom. The van der Waals surface area contributed by atoms with Crippen molar-refractivity contribution in [3.63, 3.8) is 0 Å². The minimum Gasteiger partial charge on any atom is -0.599 e. The Kier molecular flexibility index (Phi) is 2.95. The molecule has 23 heavy (non-hydrogen) atoms. The van der Waals surface area contributed by atoms with Gasteiger partial charge in [-0.25, -0.2) is 5.23 Å². The van der Waals surface area contributed by atoms with Crippen molar-refractivity contribution in [1.29, 1.82) is 0 Å². The zero-order chi connectivity index (χ0) is 15.4. The van der Waals surface area contributed by atoms with E-state index in [4.69, 9.17) is 4.84 Å². The molecule has 0 spiro atoms. The third-order valence-corrected chi connectivity index (χ3v) is 5.55. The van der Waals surface area contributed by atoms with Crippen LogP contribution >= 0.6 is 0 Å². The Labute approximate surface area is 135 Å². The van der Waals surface area contributed by atoms with E-state index in [1.54, 1.807) is 0 Å². The lowest BCUT2D eigenvalue weighted by Gasteiger charge is -2.31. The topological polar surface area (TPSA) is 36.7 Å². The fraction of sp³-hybridized carbons (Fsp3) is 0.300. The summed E-state index contributed by atoms with van der Waals surface area (Å²) >= 11 is 0. The SMILES string of the molecule is [O-][NH+](OC1CC2C=CC1C2)C1c2ccccc2-c2ccccc21. The number of allylic oxidation sites excluding steroid dienone is 1. The second-order valence-corrected chi connectivity index (χ2v) is 6.86. The molecule has 2 aromatic rings. The van der Waals surface area contributed by atoms with Crippen molar-refractivity contribution in [1.82, 2.24) is 0 Å². The molecule has 0 heterocycles. The maximum Gasteiger partial charge on any atom is 0.169 e. The molecular formula is C20H19NO2. The zero-order valence-electron chi connectivity index (χ0n) is 12.8. The molecule has 2 aromatic carbocycles. The van der Waals surface area contributed by atoms with Crippen molar-refractivity contribution in [2.45, 2.75) is 25.0 Å². The van der Waals surface area contributed by atoms with Gasteiger partial charge in [-0.1, -0.05) is 60.7 Å². The summed E-state index contributed by atoms with van der Waals surface area (Å²) in [5, 5.41) is 12.9. The normalized spacial score (nSPS) is 28.8. The molecule has 1 saturated carbocycles. The quantitative estimate of drug-likeness (QED) is 0.699. The third kappa shape index (κ3) is 2.01. The van der Waals surface area contributed by atoms with E-state index in [9.17, 15) is 5.21 Å². The van der Waals surface area contributed by atoms with Crippen LogP contribution < -0.4 is 5.23 Å². The zero-order valence-corrected chi connectivity index (χ0v) is 12.8. The fourth-order valence-corrected chi connectivity index (χ4v) is 4.49. The van der Waals surface area contributed by atoms with Crippen LogP contribution in [0.3, 0.4) is 0 Å². The summed E-state index contributed by atoms with van der Waals surface area (Å²) in [6.45, 7) is 0. The van der Waals surface area contributed by atoms with Gasteiger partial charge in [0.2, 0.25) is 0 Å². The van der Waals surface area contributed by atoms with Gasteiger partial charge >= 0.3 is 0 Å². The lowest BCUT2D eigenvalue weighted by molar-refractivity contribution is -1.08. The average molecular weight is 305 g/mol. The van der Waals surface area contributed by atoms with Crippen molar-refractivity contribution in [3.8, 4) is 11.1 Å². The fourth-order valence-electron chi connectivity index (χ4n) is 4.49. The van der Waals surface area contributed by atoms with Crippen LogP contribution in [0.15, 0.2) is 60.7 Å². The molecule has 0 amide bonds. The average Bonchev–Trinajstić information content (AvgIpc) is 3.27. The Morgan fingerprint density at radius 2 is 1.52 bits per heavy atom. The van der Waals surface area contributed by atoms with E-state index >= 15 is 0 Å². The Bertz CT molecular complexity index is 739. The van der Waals surface area contributed by atoms with E-state index < -0.39 is 0 Å². The number of benzene rings is 2. The molecule has 3 aliphatic carbocycles. The summed E-state index contributed by atoms with van der Waals surface area (Å²) in [6, 6.07) is 16.1. The van der Waals surface area contributed by atoms with Gasteiger partial charge in [0, 0.05) is 17.0 Å². The van der Waals surface area contributed by atoms with Crippen molar-refractivity contribution < 1.29 is 10.1 Å². The highest BCUT2D eigenvalue weighted by Crippen LogP contribution is 2.43. The first-order chi connectivity index (χ1) is 11.3. The predicted molar refractivity (Wildman–Crippen MR) is 88.3 cm³/mol. The molecule has 4 atom stereocenters. The van der Waals surface area contributed by atoms with Crippen molar-refractivity contribution in [2.24, 2.45) is 11.8 Å². The molecule has 3 nitrogen and oxygen atoms in total. The van der Waals surface area contributed by atoms with Gasteiger partial charge in [-0.3, -0.25) is 0 Å². The minimum atomic E-state index is -0.273. The highest BCUT2D eigenvalue weighted by molar-refractivity contribution is 5.77. The van der Waals surface area contributed by atoms with Crippen LogP contribution in [0.2, 0.25) is 0 Å². The Balaban J connectivity index is 1.49. The van der Waals surface area contributed by atoms with Gasteiger partial charge in [-0.15, -0.1) is 0 Å². The minimum absolute atomic E-state index is 0.0671. The summed E-state index contributed by atoms with van der Waals surface area (Å²) < 4.78 is 0. The molecule has 2 bridgehead atoms. The highest BCUT2D eigenvalue weighted by Gasteiger charge is 2.41. The van der Waals surface area contributed by atoms with Crippen LogP contribution in [0.5, 0.6) is 0 Å². The second kappa shape index (κ2) is 5.03. The number of hydroxylamine groups is 2. The first kappa shape index (κ1) is 13.5. The molecule has 0 radical (unpaired) electrons. The molecule has 1 N–H and O–H groups in total. The number of fused-ring (bicyclic) bond motifs is 5. The van der Waals surface area contributed by atoms with Crippen molar-refractivity contribution in [2.75, 3.05) is 0 Å². The second-order valence-electron chi connectivity index (χ2n) is 6.86. The summed E-state index contributed by atoms with van der Waals surface area (Å²) in [5.41, 5.74) is 4.49. The molecule has 3 heteroatoms. The monoisotopic (exact) mass is 305 g/mol. The molecule has 116 valence electrons. The van der Waals surface area contributed by atoms with Crippen LogP contribution in [-0.2, 0) is 4.84 Å². The van der Waals surface area contributed by atoms with Gasteiger partial charge in [0.05, 0.1) is 0 Å². The largest absolute Gasteiger partial charge is 0.599 e. The van der Waals surface area contributed by atoms with Crippen LogP contribution in [-0.4, -0.2) is 6.10 Å². The Morgan fingerprint density at radius 1 is 0.870 bits per heavy atom. The summed E-state index contributed by atoms with van der Waals surface area (Å²) in [7, 11) is 0. The van der Waals surface area contributed by atoms with Crippen LogP contribution in [0.25, 0.3) is 11.1 Å². The molecule has 0 saturated heterocycles. The first-order valence-corrected chi connectivity index (χ1v) is 8.38.